The summed E-state index contributed by atoms with van der Waals surface area (Å²) in [4.78, 5) is 4.15. The topological polar surface area (TPSA) is 45.7 Å². The zero-order valence-corrected chi connectivity index (χ0v) is 15.4. The van der Waals surface area contributed by atoms with Crippen molar-refractivity contribution in [2.45, 2.75) is 25.5 Å². The Morgan fingerprint density at radius 3 is 2.10 bits per heavy atom. The molecule has 0 aliphatic carbocycles. The maximum Gasteiger partial charge on any atom is 0.246 e. The van der Waals surface area contributed by atoms with Crippen LogP contribution >= 0.6 is 7.44 Å². The van der Waals surface area contributed by atoms with E-state index in [2.05, 4.69) is 24.6 Å². The van der Waals surface area contributed by atoms with Crippen molar-refractivity contribution in [3.63, 3.8) is 0 Å². The van der Waals surface area contributed by atoms with Crippen LogP contribution in [0.3, 0.4) is 0 Å². The van der Waals surface area contributed by atoms with E-state index in [1.165, 1.54) is 0 Å². The van der Waals surface area contributed by atoms with E-state index in [0.29, 0.717) is 0 Å². The van der Waals surface area contributed by atoms with Crippen LogP contribution in [-0.2, 0) is 8.99 Å². The molecule has 1 rings (SSSR count). The Morgan fingerprint density at radius 1 is 1.20 bits per heavy atom. The van der Waals surface area contributed by atoms with Crippen LogP contribution in [0.1, 0.15) is 11.4 Å². The Morgan fingerprint density at radius 2 is 1.75 bits per heavy atom. The lowest BCUT2D eigenvalue weighted by Crippen LogP contribution is -2.33. The van der Waals surface area contributed by atoms with Crippen LogP contribution in [0.5, 0.6) is 0 Å². The Labute approximate surface area is 123 Å². The summed E-state index contributed by atoms with van der Waals surface area (Å²) in [5.41, 5.74) is 0.862. The van der Waals surface area contributed by atoms with E-state index in [1.807, 2.05) is 40.3 Å². The number of rotatable bonds is 6. The first kappa shape index (κ1) is 17.5. The molecule has 7 heteroatoms. The molecule has 0 amide bonds. The van der Waals surface area contributed by atoms with Crippen molar-refractivity contribution in [2.24, 2.45) is 0 Å². The molecule has 0 saturated carbocycles. The highest BCUT2D eigenvalue weighted by Crippen LogP contribution is 2.62. The van der Waals surface area contributed by atoms with Crippen molar-refractivity contribution in [2.75, 3.05) is 28.2 Å². The number of hydrogen-bond donors (Lipinski definition) is 0. The van der Waals surface area contributed by atoms with Gasteiger partial charge in [-0.15, -0.1) is 0 Å². The van der Waals surface area contributed by atoms with Gasteiger partial charge in [-0.1, -0.05) is 6.07 Å². The summed E-state index contributed by atoms with van der Waals surface area (Å²) in [7, 11) is 2.61. The molecular formula is C13H26N3O2PSi. The van der Waals surface area contributed by atoms with Crippen molar-refractivity contribution < 1.29 is 8.99 Å². The van der Waals surface area contributed by atoms with Crippen LogP contribution in [0.2, 0.25) is 19.6 Å². The molecule has 0 spiro atoms. The van der Waals surface area contributed by atoms with Gasteiger partial charge in [-0.05, 0) is 53.9 Å². The number of nitrogens with zero attached hydrogens (tertiary/aromatic N) is 3. The minimum Gasteiger partial charge on any atom is -0.402 e. The first-order chi connectivity index (χ1) is 9.09. The summed E-state index contributed by atoms with van der Waals surface area (Å²) in [6.45, 7) is 6.31. The number of hydrogen-bond acceptors (Lipinski definition) is 3. The van der Waals surface area contributed by atoms with Gasteiger partial charge in [-0.3, -0.25) is 9.55 Å². The zero-order valence-electron chi connectivity index (χ0n) is 13.5. The summed E-state index contributed by atoms with van der Waals surface area (Å²) >= 11 is 0. The molecule has 1 atom stereocenters. The standard InChI is InChI=1S/C13H26N3O2PSi/c1-15(2)19(17,16(3)4)13(18-20(5,6)7)12-9-8-10-14-11-12/h8-11,13H,1-7H3. The fraction of sp³-hybridized carbons (Fsp3) is 0.615. The fourth-order valence-corrected chi connectivity index (χ4v) is 6.36. The maximum absolute atomic E-state index is 13.5. The molecule has 5 nitrogen and oxygen atoms in total. The van der Waals surface area contributed by atoms with E-state index in [-0.39, 0.29) is 0 Å². The zero-order chi connectivity index (χ0) is 15.6. The fourth-order valence-electron chi connectivity index (χ4n) is 1.97. The van der Waals surface area contributed by atoms with Crippen molar-refractivity contribution in [1.82, 2.24) is 14.3 Å². The second-order valence-electron chi connectivity index (χ2n) is 6.15. The Balaban J connectivity index is 3.34. The summed E-state index contributed by atoms with van der Waals surface area (Å²) in [5.74, 6) is -0.479. The van der Waals surface area contributed by atoms with Gasteiger partial charge >= 0.3 is 0 Å². The highest BCUT2D eigenvalue weighted by atomic mass is 31.2. The van der Waals surface area contributed by atoms with Gasteiger partial charge < -0.3 is 4.43 Å². The Bertz CT molecular complexity index is 462. The highest BCUT2D eigenvalue weighted by Gasteiger charge is 2.42. The van der Waals surface area contributed by atoms with Crippen LogP contribution in [0.15, 0.2) is 24.5 Å². The molecule has 0 N–H and O–H groups in total. The Hall–Kier alpha value is -0.523. The van der Waals surface area contributed by atoms with E-state index in [0.717, 1.165) is 5.56 Å². The van der Waals surface area contributed by atoms with Gasteiger partial charge in [0.1, 0.15) is 0 Å². The van der Waals surface area contributed by atoms with E-state index in [4.69, 9.17) is 4.43 Å². The smallest absolute Gasteiger partial charge is 0.246 e. The number of pyridine rings is 1. The second kappa shape index (κ2) is 6.50. The molecule has 0 aromatic carbocycles. The van der Waals surface area contributed by atoms with E-state index in [9.17, 15) is 4.57 Å². The molecule has 0 aliphatic rings. The molecule has 1 heterocycles. The molecule has 114 valence electrons. The van der Waals surface area contributed by atoms with Gasteiger partial charge in [0, 0.05) is 18.0 Å². The van der Waals surface area contributed by atoms with E-state index >= 15 is 0 Å². The normalized spacial score (nSPS) is 14.8. The molecular weight excluding hydrogens is 289 g/mol. The summed E-state index contributed by atoms with van der Waals surface area (Å²) in [6.07, 6.45) is 3.45. The molecule has 1 unspecified atom stereocenters. The molecule has 0 bridgehead atoms. The molecule has 0 saturated heterocycles. The lowest BCUT2D eigenvalue weighted by atomic mass is 10.3. The third-order valence-corrected chi connectivity index (χ3v) is 7.33. The van der Waals surface area contributed by atoms with Crippen molar-refractivity contribution in [3.05, 3.63) is 30.1 Å². The van der Waals surface area contributed by atoms with Crippen molar-refractivity contribution in [1.29, 1.82) is 0 Å². The van der Waals surface area contributed by atoms with Crippen LogP contribution in [0.25, 0.3) is 0 Å². The van der Waals surface area contributed by atoms with Gasteiger partial charge in [0.05, 0.1) is 0 Å². The molecule has 0 aliphatic heterocycles. The predicted molar refractivity (Wildman–Crippen MR) is 86.4 cm³/mol. The second-order valence-corrected chi connectivity index (χ2v) is 13.9. The average molecular weight is 315 g/mol. The lowest BCUT2D eigenvalue weighted by Gasteiger charge is -2.39. The van der Waals surface area contributed by atoms with Gasteiger partial charge in [0.25, 0.3) is 0 Å². The minimum atomic E-state index is -2.85. The summed E-state index contributed by atoms with van der Waals surface area (Å²) in [6, 6.07) is 3.78. The van der Waals surface area contributed by atoms with Crippen molar-refractivity contribution in [3.8, 4) is 0 Å². The van der Waals surface area contributed by atoms with Crippen LogP contribution in [0.4, 0.5) is 0 Å². The van der Waals surface area contributed by atoms with Gasteiger partial charge in [-0.2, -0.15) is 0 Å². The van der Waals surface area contributed by atoms with Gasteiger partial charge in [0.2, 0.25) is 7.44 Å². The van der Waals surface area contributed by atoms with Crippen LogP contribution in [0, 0.1) is 0 Å². The van der Waals surface area contributed by atoms with E-state index in [1.54, 1.807) is 21.7 Å². The van der Waals surface area contributed by atoms with Crippen LogP contribution in [-0.4, -0.2) is 50.8 Å². The molecule has 1 aromatic rings. The van der Waals surface area contributed by atoms with Gasteiger partial charge in [-0.25, -0.2) is 9.34 Å². The third kappa shape index (κ3) is 3.99. The van der Waals surface area contributed by atoms with Crippen molar-refractivity contribution >= 4 is 15.8 Å². The monoisotopic (exact) mass is 315 g/mol. The third-order valence-electron chi connectivity index (χ3n) is 2.89. The molecule has 0 fully saturated rings. The largest absolute Gasteiger partial charge is 0.402 e. The highest BCUT2D eigenvalue weighted by molar-refractivity contribution is 7.59. The Kier molecular flexibility index (Phi) is 5.69. The first-order valence-corrected chi connectivity index (χ1v) is 11.7. The maximum atomic E-state index is 13.5. The first-order valence-electron chi connectivity index (χ1n) is 6.62. The minimum absolute atomic E-state index is 0.479. The molecule has 20 heavy (non-hydrogen) atoms. The summed E-state index contributed by atoms with van der Waals surface area (Å²) in [5, 5.41) is 0. The lowest BCUT2D eigenvalue weighted by molar-refractivity contribution is 0.245. The molecule has 1 aromatic heterocycles. The summed E-state index contributed by atoms with van der Waals surface area (Å²) < 4.78 is 23.3. The molecule has 0 radical (unpaired) electrons. The van der Waals surface area contributed by atoms with Crippen LogP contribution < -0.4 is 0 Å². The van der Waals surface area contributed by atoms with E-state index < -0.39 is 21.6 Å². The average Bonchev–Trinajstić information content (AvgIpc) is 2.34. The number of aromatic nitrogens is 1. The quantitative estimate of drug-likeness (QED) is 0.595. The predicted octanol–water partition coefficient (Wildman–Crippen LogP) is 3.25. The SMILES string of the molecule is CN(C)P(=O)(C(O[Si](C)(C)C)c1cccnc1)N(C)C. The van der Waals surface area contributed by atoms with Gasteiger partial charge in [0.15, 0.2) is 14.2 Å².